The largest absolute Gasteiger partial charge is 0.497 e. The van der Waals surface area contributed by atoms with E-state index in [0.29, 0.717) is 0 Å². The molecular formula is C30H31N5O2. The van der Waals surface area contributed by atoms with Gasteiger partial charge in [-0.1, -0.05) is 30.3 Å². The van der Waals surface area contributed by atoms with Crippen LogP contribution >= 0.6 is 0 Å². The molecule has 4 aromatic rings. The molecular weight excluding hydrogens is 462 g/mol. The number of fused-ring (bicyclic) bond motifs is 3. The van der Waals surface area contributed by atoms with E-state index in [1.165, 1.54) is 5.69 Å². The second-order valence-electron chi connectivity index (χ2n) is 10.9. The Morgan fingerprint density at radius 3 is 2.59 bits per heavy atom. The van der Waals surface area contributed by atoms with Crippen molar-refractivity contribution in [2.45, 2.75) is 49.6 Å². The number of aromatic nitrogens is 3. The summed E-state index contributed by atoms with van der Waals surface area (Å²) in [7, 11) is 1.68. The third kappa shape index (κ3) is 3.59. The maximum absolute atomic E-state index is 13.5. The van der Waals surface area contributed by atoms with E-state index in [4.69, 9.17) is 9.84 Å². The number of pyridine rings is 1. The second kappa shape index (κ2) is 8.33. The van der Waals surface area contributed by atoms with Gasteiger partial charge in [-0.15, -0.1) is 0 Å². The molecule has 1 saturated carbocycles. The molecule has 0 radical (unpaired) electrons. The molecule has 7 nitrogen and oxygen atoms in total. The summed E-state index contributed by atoms with van der Waals surface area (Å²) >= 11 is 0. The van der Waals surface area contributed by atoms with Crippen LogP contribution in [0.15, 0.2) is 66.9 Å². The Bertz CT molecular complexity index is 1490. The lowest BCUT2D eigenvalue weighted by Crippen LogP contribution is -2.54. The molecule has 7 heteroatoms. The lowest BCUT2D eigenvalue weighted by molar-refractivity contribution is 0.154. The number of nitrogens with one attached hydrogen (secondary N) is 1. The number of urea groups is 1. The first-order valence-electron chi connectivity index (χ1n) is 13.2. The second-order valence-corrected chi connectivity index (χ2v) is 10.9. The zero-order valence-electron chi connectivity index (χ0n) is 21.1. The summed E-state index contributed by atoms with van der Waals surface area (Å²) in [5.41, 5.74) is 5.10. The van der Waals surface area contributed by atoms with E-state index in [2.05, 4.69) is 45.3 Å². The maximum atomic E-state index is 13.5. The normalized spacial score (nSPS) is 21.7. The van der Waals surface area contributed by atoms with Crippen molar-refractivity contribution in [2.24, 2.45) is 0 Å². The lowest BCUT2D eigenvalue weighted by Gasteiger charge is -2.44. The van der Waals surface area contributed by atoms with Crippen molar-refractivity contribution in [1.82, 2.24) is 25.0 Å². The fourth-order valence-corrected chi connectivity index (χ4v) is 6.48. The van der Waals surface area contributed by atoms with Gasteiger partial charge in [0.05, 0.1) is 23.9 Å². The molecule has 4 heterocycles. The molecule has 1 spiro atoms. The van der Waals surface area contributed by atoms with Crippen molar-refractivity contribution in [3.63, 3.8) is 0 Å². The van der Waals surface area contributed by atoms with Crippen molar-refractivity contribution in [3.05, 3.63) is 78.1 Å². The highest BCUT2D eigenvalue weighted by Crippen LogP contribution is 2.45. The number of para-hydroxylation sites is 1. The highest BCUT2D eigenvalue weighted by atomic mass is 16.5. The van der Waals surface area contributed by atoms with Crippen LogP contribution in [-0.4, -0.2) is 45.9 Å². The Balaban J connectivity index is 1.10. The fraction of sp³-hybridized carbons (Fsp3) is 0.367. The number of nitrogens with zero attached hydrogens (tertiary/aromatic N) is 4. The van der Waals surface area contributed by atoms with Crippen molar-refractivity contribution in [3.8, 4) is 17.0 Å². The van der Waals surface area contributed by atoms with Gasteiger partial charge in [0.25, 0.3) is 0 Å². The molecule has 37 heavy (non-hydrogen) atoms. The molecule has 1 aliphatic carbocycles. The van der Waals surface area contributed by atoms with E-state index in [1.807, 2.05) is 41.4 Å². The molecule has 7 rings (SSSR count). The van der Waals surface area contributed by atoms with Gasteiger partial charge < -0.3 is 15.0 Å². The lowest BCUT2D eigenvalue weighted by atomic mass is 9.72. The van der Waals surface area contributed by atoms with Crippen LogP contribution < -0.4 is 10.1 Å². The third-order valence-electron chi connectivity index (χ3n) is 8.85. The molecule has 2 fully saturated rings. The number of carbonyl (C=O) groups excluding carboxylic acids is 1. The van der Waals surface area contributed by atoms with Crippen LogP contribution in [0.5, 0.6) is 5.75 Å². The van der Waals surface area contributed by atoms with Gasteiger partial charge in [-0.3, -0.25) is 9.67 Å². The number of rotatable bonds is 4. The molecule has 2 aromatic heterocycles. The van der Waals surface area contributed by atoms with E-state index >= 15 is 0 Å². The minimum absolute atomic E-state index is 0.0280. The number of benzene rings is 2. The summed E-state index contributed by atoms with van der Waals surface area (Å²) in [6, 6.07) is 20.7. The molecule has 2 aliphatic heterocycles. The van der Waals surface area contributed by atoms with Crippen LogP contribution in [0.4, 0.5) is 4.79 Å². The van der Waals surface area contributed by atoms with Crippen LogP contribution in [-0.2, 0) is 17.5 Å². The monoisotopic (exact) mass is 493 g/mol. The molecule has 188 valence electrons. The highest BCUT2D eigenvalue weighted by Gasteiger charge is 2.48. The van der Waals surface area contributed by atoms with Crippen LogP contribution in [0.3, 0.4) is 0 Å². The topological polar surface area (TPSA) is 72.3 Å². The summed E-state index contributed by atoms with van der Waals surface area (Å²) in [6.07, 6.45) is 6.98. The molecule has 1 atom stereocenters. The summed E-state index contributed by atoms with van der Waals surface area (Å²) < 4.78 is 7.47. The first-order chi connectivity index (χ1) is 18.1. The summed E-state index contributed by atoms with van der Waals surface area (Å²) in [4.78, 5) is 20.2. The number of aryl methyl sites for hydroxylation is 1. The zero-order valence-corrected chi connectivity index (χ0v) is 21.1. The third-order valence-corrected chi connectivity index (χ3v) is 8.85. The number of hydrogen-bond donors (Lipinski definition) is 1. The highest BCUT2D eigenvalue weighted by molar-refractivity contribution is 5.83. The minimum Gasteiger partial charge on any atom is -0.497 e. The summed E-state index contributed by atoms with van der Waals surface area (Å²) in [5, 5.41) is 9.48. The van der Waals surface area contributed by atoms with Gasteiger partial charge in [0.15, 0.2) is 0 Å². The predicted octanol–water partition coefficient (Wildman–Crippen LogP) is 5.24. The molecule has 2 amide bonds. The number of likely N-dealkylation sites (tertiary alicyclic amines) is 1. The Morgan fingerprint density at radius 1 is 1.00 bits per heavy atom. The van der Waals surface area contributed by atoms with E-state index in [1.54, 1.807) is 7.11 Å². The van der Waals surface area contributed by atoms with Crippen LogP contribution in [0.2, 0.25) is 0 Å². The number of carbonyl (C=O) groups is 1. The zero-order chi connectivity index (χ0) is 25.0. The van der Waals surface area contributed by atoms with Gasteiger partial charge in [0.1, 0.15) is 5.75 Å². The van der Waals surface area contributed by atoms with Gasteiger partial charge in [-0.2, -0.15) is 5.10 Å². The van der Waals surface area contributed by atoms with Gasteiger partial charge in [-0.05, 0) is 68.0 Å². The van der Waals surface area contributed by atoms with Crippen LogP contribution in [0, 0.1) is 0 Å². The van der Waals surface area contributed by atoms with E-state index in [0.717, 1.165) is 85.2 Å². The minimum atomic E-state index is -0.271. The quantitative estimate of drug-likeness (QED) is 0.422. The summed E-state index contributed by atoms with van der Waals surface area (Å²) in [5.74, 6) is 0.836. The Hall–Kier alpha value is -3.87. The van der Waals surface area contributed by atoms with Gasteiger partial charge in [0.2, 0.25) is 0 Å². The van der Waals surface area contributed by atoms with E-state index in [9.17, 15) is 4.79 Å². The van der Waals surface area contributed by atoms with Crippen molar-refractivity contribution < 1.29 is 9.53 Å². The smallest absolute Gasteiger partial charge is 0.318 e. The number of ether oxygens (including phenoxy) is 1. The van der Waals surface area contributed by atoms with Crippen molar-refractivity contribution in [1.29, 1.82) is 0 Å². The number of amides is 2. The van der Waals surface area contributed by atoms with E-state index in [-0.39, 0.29) is 17.0 Å². The van der Waals surface area contributed by atoms with Gasteiger partial charge >= 0.3 is 6.03 Å². The molecule has 3 aliphatic rings. The molecule has 1 N–H and O–H groups in total. The average Bonchev–Trinajstić information content (AvgIpc) is 3.63. The standard InChI is InChI=1S/C30H31N5O2/c1-37-24-9-7-23(8-10-24)30(11-4-12-30)32-28(36)34-15-13-29(20-34)14-16-35-27(29)18-26(33-35)22-17-21-5-2-3-6-25(21)31-19-22/h2-3,5-10,17-19H,4,11-16,20H2,1H3,(H,32,36). The van der Waals surface area contributed by atoms with Crippen LogP contribution in [0.25, 0.3) is 22.2 Å². The number of hydrogen-bond acceptors (Lipinski definition) is 4. The Labute approximate surface area is 216 Å². The fourth-order valence-electron chi connectivity index (χ4n) is 6.48. The first kappa shape index (κ1) is 22.3. The van der Waals surface area contributed by atoms with E-state index < -0.39 is 0 Å². The van der Waals surface area contributed by atoms with Crippen molar-refractivity contribution >= 4 is 16.9 Å². The van der Waals surface area contributed by atoms with Gasteiger partial charge in [-0.25, -0.2) is 4.79 Å². The SMILES string of the molecule is COc1ccc(C2(NC(=O)N3CCC4(CCn5nc(-c6cnc7ccccc7c6)cc54)C3)CCC2)cc1. The maximum Gasteiger partial charge on any atom is 0.318 e. The Morgan fingerprint density at radius 2 is 1.81 bits per heavy atom. The summed E-state index contributed by atoms with van der Waals surface area (Å²) in [6.45, 7) is 2.39. The molecule has 1 unspecified atom stereocenters. The average molecular weight is 494 g/mol. The first-order valence-corrected chi connectivity index (χ1v) is 13.2. The Kier molecular flexibility index (Phi) is 5.03. The molecule has 0 bridgehead atoms. The molecule has 1 saturated heterocycles. The number of methoxy groups -OCH3 is 1. The van der Waals surface area contributed by atoms with Gasteiger partial charge in [0, 0.05) is 47.9 Å². The molecule has 2 aromatic carbocycles. The predicted molar refractivity (Wildman–Crippen MR) is 143 cm³/mol. The van der Waals surface area contributed by atoms with Crippen molar-refractivity contribution in [2.75, 3.05) is 20.2 Å². The van der Waals surface area contributed by atoms with Crippen LogP contribution in [0.1, 0.15) is 43.4 Å².